The van der Waals surface area contributed by atoms with E-state index in [0.29, 0.717) is 6.54 Å². The smallest absolute Gasteiger partial charge is 0.322 e. The fraction of sp³-hybridized carbons (Fsp3) is 0.381. The summed E-state index contributed by atoms with van der Waals surface area (Å²) in [6.45, 7) is 6.81. The average molecular weight is 356 g/mol. The summed E-state index contributed by atoms with van der Waals surface area (Å²) in [5, 5.41) is 12.4. The van der Waals surface area contributed by atoms with Crippen molar-refractivity contribution in [3.8, 4) is 5.75 Å². The van der Waals surface area contributed by atoms with Crippen LogP contribution < -0.4 is 10.1 Å². The number of ether oxygens (including phenoxy) is 1. The van der Waals surface area contributed by atoms with Gasteiger partial charge in [0, 0.05) is 17.8 Å². The van der Waals surface area contributed by atoms with E-state index in [1.54, 1.807) is 12.0 Å². The molecule has 26 heavy (non-hydrogen) atoms. The molecule has 0 aliphatic heterocycles. The molecule has 0 saturated heterocycles. The maximum Gasteiger partial charge on any atom is 0.322 e. The van der Waals surface area contributed by atoms with Gasteiger partial charge in [-0.05, 0) is 23.1 Å². The second-order valence-corrected chi connectivity index (χ2v) is 7.18. The van der Waals surface area contributed by atoms with Crippen molar-refractivity contribution in [1.82, 2.24) is 4.90 Å². The number of methoxy groups -OCH3 is 1. The van der Waals surface area contributed by atoms with Crippen LogP contribution in [-0.2, 0) is 12.0 Å². The zero-order valence-electron chi connectivity index (χ0n) is 16.0. The molecule has 0 atom stereocenters. The first-order valence-electron chi connectivity index (χ1n) is 8.75. The molecule has 2 N–H and O–H groups in total. The fourth-order valence-electron chi connectivity index (χ4n) is 2.85. The van der Waals surface area contributed by atoms with Crippen molar-refractivity contribution in [2.75, 3.05) is 25.6 Å². The second kappa shape index (κ2) is 8.72. The maximum absolute atomic E-state index is 12.8. The molecule has 2 amide bonds. The van der Waals surface area contributed by atoms with E-state index in [0.717, 1.165) is 22.6 Å². The van der Waals surface area contributed by atoms with Gasteiger partial charge in [-0.25, -0.2) is 4.79 Å². The van der Waals surface area contributed by atoms with Gasteiger partial charge in [0.15, 0.2) is 0 Å². The normalized spacial score (nSPS) is 11.1. The van der Waals surface area contributed by atoms with Gasteiger partial charge in [-0.2, -0.15) is 0 Å². The van der Waals surface area contributed by atoms with Gasteiger partial charge < -0.3 is 20.1 Å². The molecule has 2 aromatic carbocycles. The van der Waals surface area contributed by atoms with E-state index in [-0.39, 0.29) is 24.6 Å². The van der Waals surface area contributed by atoms with Crippen LogP contribution in [0.5, 0.6) is 5.75 Å². The highest BCUT2D eigenvalue weighted by Gasteiger charge is 2.21. The number of amides is 2. The minimum atomic E-state index is -0.248. The minimum absolute atomic E-state index is 0.0890. The third-order valence-electron chi connectivity index (χ3n) is 4.19. The minimum Gasteiger partial charge on any atom is -0.496 e. The number of hydrogen-bond acceptors (Lipinski definition) is 3. The SMILES string of the molecule is COc1ccccc1CN(CCO)C(=O)Nc1ccccc1C(C)(C)C. The average Bonchev–Trinajstić information content (AvgIpc) is 2.61. The fourth-order valence-corrected chi connectivity index (χ4v) is 2.85. The van der Waals surface area contributed by atoms with Gasteiger partial charge >= 0.3 is 6.03 Å². The standard InChI is InChI=1S/C21H28N2O3/c1-21(2,3)17-10-6-7-11-18(17)22-20(25)23(13-14-24)15-16-9-5-8-12-19(16)26-4/h5-12,24H,13-15H2,1-4H3,(H,22,25). The number of anilines is 1. The van der Waals surface area contributed by atoms with Crippen molar-refractivity contribution in [1.29, 1.82) is 0 Å². The second-order valence-electron chi connectivity index (χ2n) is 7.18. The molecule has 0 bridgehead atoms. The number of nitrogens with zero attached hydrogens (tertiary/aromatic N) is 1. The number of nitrogens with one attached hydrogen (secondary N) is 1. The highest BCUT2D eigenvalue weighted by Crippen LogP contribution is 2.29. The molecule has 2 rings (SSSR count). The van der Waals surface area contributed by atoms with Crippen LogP contribution in [0, 0.1) is 0 Å². The summed E-state index contributed by atoms with van der Waals surface area (Å²) in [7, 11) is 1.61. The van der Waals surface area contributed by atoms with Gasteiger partial charge in [0.05, 0.1) is 20.3 Å². The molecule has 2 aromatic rings. The van der Waals surface area contributed by atoms with Crippen LogP contribution in [0.15, 0.2) is 48.5 Å². The van der Waals surface area contributed by atoms with Crippen LogP contribution in [0.1, 0.15) is 31.9 Å². The molecule has 0 aliphatic carbocycles. The molecule has 140 valence electrons. The van der Waals surface area contributed by atoms with Crippen LogP contribution in [0.2, 0.25) is 0 Å². The summed E-state index contributed by atoms with van der Waals surface area (Å²) in [5.74, 6) is 0.721. The Balaban J connectivity index is 2.22. The Bertz CT molecular complexity index is 738. The largest absolute Gasteiger partial charge is 0.496 e. The molecule has 0 fully saturated rings. The Morgan fingerprint density at radius 2 is 1.77 bits per heavy atom. The van der Waals surface area contributed by atoms with E-state index in [2.05, 4.69) is 26.1 Å². The van der Waals surface area contributed by atoms with Crippen molar-refractivity contribution in [3.05, 3.63) is 59.7 Å². The van der Waals surface area contributed by atoms with E-state index >= 15 is 0 Å². The maximum atomic E-state index is 12.8. The van der Waals surface area contributed by atoms with Gasteiger partial charge in [-0.15, -0.1) is 0 Å². The van der Waals surface area contributed by atoms with E-state index in [1.165, 1.54) is 0 Å². The van der Waals surface area contributed by atoms with Crippen molar-refractivity contribution in [2.45, 2.75) is 32.7 Å². The lowest BCUT2D eigenvalue weighted by Gasteiger charge is -2.26. The summed E-state index contributed by atoms with van der Waals surface area (Å²) in [5.41, 5.74) is 2.65. The number of aliphatic hydroxyl groups is 1. The van der Waals surface area contributed by atoms with Gasteiger partial charge in [-0.1, -0.05) is 57.2 Å². The molecule has 0 aromatic heterocycles. The van der Waals surface area contributed by atoms with Crippen molar-refractivity contribution >= 4 is 11.7 Å². The Kier molecular flexibility index (Phi) is 6.64. The zero-order chi connectivity index (χ0) is 19.2. The number of carbonyl (C=O) groups excluding carboxylic acids is 1. The number of hydrogen-bond donors (Lipinski definition) is 2. The first kappa shape index (κ1) is 19.8. The van der Waals surface area contributed by atoms with E-state index in [4.69, 9.17) is 4.74 Å². The number of benzene rings is 2. The third-order valence-corrected chi connectivity index (χ3v) is 4.19. The van der Waals surface area contributed by atoms with Gasteiger partial charge in [0.1, 0.15) is 5.75 Å². The molecule has 0 spiro atoms. The summed E-state index contributed by atoms with van der Waals surface area (Å²) < 4.78 is 5.37. The summed E-state index contributed by atoms with van der Waals surface area (Å²) in [4.78, 5) is 14.4. The quantitative estimate of drug-likeness (QED) is 0.822. The summed E-state index contributed by atoms with van der Waals surface area (Å²) in [6.07, 6.45) is 0. The van der Waals surface area contributed by atoms with Gasteiger partial charge in [0.25, 0.3) is 0 Å². The number of carbonyl (C=O) groups is 1. The monoisotopic (exact) mass is 356 g/mol. The van der Waals surface area contributed by atoms with Crippen LogP contribution in [0.4, 0.5) is 10.5 Å². The van der Waals surface area contributed by atoms with Crippen molar-refractivity contribution in [2.24, 2.45) is 0 Å². The number of urea groups is 1. The van der Waals surface area contributed by atoms with E-state index in [9.17, 15) is 9.90 Å². The Labute approximate surface area is 155 Å². The Morgan fingerprint density at radius 1 is 1.12 bits per heavy atom. The third kappa shape index (κ3) is 4.99. The lowest BCUT2D eigenvalue weighted by atomic mass is 9.86. The molecule has 5 heteroatoms. The first-order chi connectivity index (χ1) is 12.4. The summed E-state index contributed by atoms with van der Waals surface area (Å²) in [6, 6.07) is 15.1. The van der Waals surface area contributed by atoms with Crippen LogP contribution in [0.25, 0.3) is 0 Å². The Morgan fingerprint density at radius 3 is 2.42 bits per heavy atom. The highest BCUT2D eigenvalue weighted by atomic mass is 16.5. The molecular formula is C21H28N2O3. The molecule has 0 aliphatic rings. The topological polar surface area (TPSA) is 61.8 Å². The molecule has 0 radical (unpaired) electrons. The molecule has 0 unspecified atom stereocenters. The van der Waals surface area contributed by atoms with Crippen LogP contribution in [-0.4, -0.2) is 36.3 Å². The predicted molar refractivity (Wildman–Crippen MR) is 105 cm³/mol. The molecular weight excluding hydrogens is 328 g/mol. The zero-order valence-corrected chi connectivity index (χ0v) is 16.0. The van der Waals surface area contributed by atoms with Crippen molar-refractivity contribution < 1.29 is 14.6 Å². The van der Waals surface area contributed by atoms with Crippen molar-refractivity contribution in [3.63, 3.8) is 0 Å². The number of para-hydroxylation sites is 2. The summed E-state index contributed by atoms with van der Waals surface area (Å²) >= 11 is 0. The van der Waals surface area contributed by atoms with E-state index < -0.39 is 0 Å². The molecule has 5 nitrogen and oxygen atoms in total. The van der Waals surface area contributed by atoms with E-state index in [1.807, 2.05) is 48.5 Å². The van der Waals surface area contributed by atoms with Gasteiger partial charge in [0.2, 0.25) is 0 Å². The number of rotatable bonds is 6. The highest BCUT2D eigenvalue weighted by molar-refractivity contribution is 5.90. The lowest BCUT2D eigenvalue weighted by Crippen LogP contribution is -2.37. The first-order valence-corrected chi connectivity index (χ1v) is 8.75. The van der Waals surface area contributed by atoms with Gasteiger partial charge in [-0.3, -0.25) is 0 Å². The van der Waals surface area contributed by atoms with Crippen LogP contribution in [0.3, 0.4) is 0 Å². The number of aliphatic hydroxyl groups excluding tert-OH is 1. The predicted octanol–water partition coefficient (Wildman–Crippen LogP) is 4.02. The van der Waals surface area contributed by atoms with Crippen LogP contribution >= 0.6 is 0 Å². The molecule has 0 heterocycles. The Hall–Kier alpha value is -2.53. The lowest BCUT2D eigenvalue weighted by molar-refractivity contribution is 0.184. The molecule has 0 saturated carbocycles.